The Kier molecular flexibility index (Phi) is 3.50. The van der Waals surface area contributed by atoms with Gasteiger partial charge in [0.25, 0.3) is 0 Å². The van der Waals surface area contributed by atoms with Crippen LogP contribution in [0.25, 0.3) is 0 Å². The monoisotopic (exact) mass is 109 g/mol. The van der Waals surface area contributed by atoms with Gasteiger partial charge < -0.3 is 4.74 Å². The smallest absolute Gasteiger partial charge is 0.312 e. The minimum atomic E-state index is -2.72. The molecule has 0 atom stereocenters. The summed E-state index contributed by atoms with van der Waals surface area (Å²) in [4.78, 5) is 0. The molecule has 0 saturated heterocycles. The Morgan fingerprint density at radius 3 is 2.29 bits per heavy atom. The van der Waals surface area contributed by atoms with Crippen LogP contribution in [0.3, 0.4) is 0 Å². The average molecular weight is 109 g/mol. The number of ether oxygens (including phenoxy) is 1. The van der Waals surface area contributed by atoms with E-state index >= 15 is 0 Å². The van der Waals surface area contributed by atoms with E-state index in [0.717, 1.165) is 12.7 Å². The van der Waals surface area contributed by atoms with Gasteiger partial charge in [-0.3, -0.25) is 0 Å². The van der Waals surface area contributed by atoms with Crippen LogP contribution in [0.15, 0.2) is 12.7 Å². The number of alkyl halides is 2. The van der Waals surface area contributed by atoms with Crippen LogP contribution < -0.4 is 0 Å². The van der Waals surface area contributed by atoms with Crippen LogP contribution in [-0.2, 0) is 4.74 Å². The molecule has 41 valence electrons. The van der Waals surface area contributed by atoms with E-state index in [1.807, 2.05) is 0 Å². The first-order valence-corrected chi connectivity index (χ1v) is 1.65. The minimum Gasteiger partial charge on any atom is -0.312 e. The Labute approximate surface area is 40.6 Å². The fourth-order valence-electron chi connectivity index (χ4n) is 0.115. The third kappa shape index (κ3) is 5.56. The van der Waals surface area contributed by atoms with Crippen LogP contribution in [0.2, 0.25) is 0 Å². The summed E-state index contributed by atoms with van der Waals surface area (Å²) < 4.78 is 25.5. The van der Waals surface area contributed by atoms with Crippen molar-refractivity contribution >= 4 is 0 Å². The van der Waals surface area contributed by atoms with Crippen LogP contribution >= 0.6 is 0 Å². The lowest BCUT2D eigenvalue weighted by molar-refractivity contribution is -0.0963. The predicted octanol–water partition coefficient (Wildman–Crippen LogP) is 1.57. The van der Waals surface area contributed by atoms with E-state index in [-0.39, 0.29) is 0 Å². The molecule has 0 fully saturated rings. The molecule has 0 spiro atoms. The lowest BCUT2D eigenvalue weighted by atomic mass is 10.7. The summed E-state index contributed by atoms with van der Waals surface area (Å²) in [5.41, 5.74) is 0. The van der Waals surface area contributed by atoms with E-state index in [9.17, 15) is 8.78 Å². The van der Waals surface area contributed by atoms with E-state index in [4.69, 9.17) is 0 Å². The zero-order valence-electron chi connectivity index (χ0n) is 3.60. The molecular formula is C4H5F2O. The van der Waals surface area contributed by atoms with E-state index in [0.29, 0.717) is 0 Å². The molecule has 0 heterocycles. The summed E-state index contributed by atoms with van der Waals surface area (Å²) in [6.45, 7) is 1.23. The van der Waals surface area contributed by atoms with Crippen molar-refractivity contribution in [2.45, 2.75) is 6.61 Å². The molecule has 0 aromatic heterocycles. The van der Waals surface area contributed by atoms with Gasteiger partial charge in [0, 0.05) is 0 Å². The molecule has 0 aliphatic carbocycles. The van der Waals surface area contributed by atoms with Crippen LogP contribution in [0, 0.1) is 6.61 Å². The van der Waals surface area contributed by atoms with Gasteiger partial charge in [0.05, 0.1) is 0 Å². The molecule has 0 bridgehead atoms. The minimum absolute atomic E-state index is 0.838. The van der Waals surface area contributed by atoms with Crippen molar-refractivity contribution in [2.75, 3.05) is 0 Å². The van der Waals surface area contributed by atoms with E-state index in [1.54, 1.807) is 0 Å². The first kappa shape index (κ1) is 6.56. The molecule has 3 heteroatoms. The molecule has 0 N–H and O–H groups in total. The third-order valence-electron chi connectivity index (χ3n) is 0.278. The SMILES string of the molecule is C=C[CH]O[14CH](F)F. The molecule has 1 radical (unpaired) electrons. The zero-order valence-corrected chi connectivity index (χ0v) is 3.60. The fourth-order valence-corrected chi connectivity index (χ4v) is 0.115. The molecular weight excluding hydrogens is 104 g/mol. The fraction of sp³-hybridized carbons (Fsp3) is 0.250. The normalized spacial score (nSPS) is 9.57. The second kappa shape index (κ2) is 3.74. The van der Waals surface area contributed by atoms with Gasteiger partial charge in [0.1, 0.15) is 6.61 Å². The highest BCUT2D eigenvalue weighted by atomic mass is 19.4. The summed E-state index contributed by atoms with van der Waals surface area (Å²) in [6, 6.07) is 0. The predicted molar refractivity (Wildman–Crippen MR) is 21.6 cm³/mol. The van der Waals surface area contributed by atoms with Gasteiger partial charge in [-0.15, -0.1) is 6.58 Å². The van der Waals surface area contributed by atoms with Crippen molar-refractivity contribution in [1.29, 1.82) is 0 Å². The molecule has 0 aromatic carbocycles. The van der Waals surface area contributed by atoms with Crippen LogP contribution in [0.4, 0.5) is 8.78 Å². The summed E-state index contributed by atoms with van der Waals surface area (Å²) in [7, 11) is 0. The lowest BCUT2D eigenvalue weighted by Gasteiger charge is -1.92. The third-order valence-corrected chi connectivity index (χ3v) is 0.278. The molecule has 0 rings (SSSR count). The topological polar surface area (TPSA) is 9.23 Å². The first-order chi connectivity index (χ1) is 3.27. The maximum atomic E-state index is 10.9. The van der Waals surface area contributed by atoms with Gasteiger partial charge in [-0.1, -0.05) is 6.08 Å². The summed E-state index contributed by atoms with van der Waals surface area (Å²) in [5.74, 6) is 0. The molecule has 0 aromatic rings. The molecule has 0 aliphatic heterocycles. The number of hydrogen-bond acceptors (Lipinski definition) is 1. The van der Waals surface area contributed by atoms with Crippen molar-refractivity contribution < 1.29 is 13.5 Å². The summed E-state index contributed by atoms with van der Waals surface area (Å²) in [5, 5.41) is 0. The molecule has 0 saturated carbocycles. The van der Waals surface area contributed by atoms with E-state index < -0.39 is 6.61 Å². The number of halogens is 2. The number of rotatable bonds is 3. The maximum Gasteiger partial charge on any atom is 0.345 e. The highest BCUT2D eigenvalue weighted by Crippen LogP contribution is 1.95. The van der Waals surface area contributed by atoms with Gasteiger partial charge in [-0.2, -0.15) is 8.78 Å². The van der Waals surface area contributed by atoms with Crippen molar-refractivity contribution in [3.8, 4) is 0 Å². The average Bonchev–Trinajstić information content (AvgIpc) is 1.61. The van der Waals surface area contributed by atoms with Crippen molar-refractivity contribution in [2.24, 2.45) is 0 Å². The maximum absolute atomic E-state index is 10.9. The second-order valence-corrected chi connectivity index (χ2v) is 0.769. The molecule has 7 heavy (non-hydrogen) atoms. The van der Waals surface area contributed by atoms with Crippen LogP contribution in [-0.4, -0.2) is 6.61 Å². The van der Waals surface area contributed by atoms with Crippen LogP contribution in [0.5, 0.6) is 0 Å². The van der Waals surface area contributed by atoms with Gasteiger partial charge in [0.2, 0.25) is 0 Å². The Balaban J connectivity index is 2.81. The van der Waals surface area contributed by atoms with E-state index in [2.05, 4.69) is 11.3 Å². The first-order valence-electron chi connectivity index (χ1n) is 1.65. The Hall–Kier alpha value is -0.440. The van der Waals surface area contributed by atoms with Gasteiger partial charge >= 0.3 is 6.61 Å². The molecule has 0 aliphatic rings. The molecule has 0 unspecified atom stereocenters. The van der Waals surface area contributed by atoms with Gasteiger partial charge in [-0.05, 0) is 0 Å². The highest BCUT2D eigenvalue weighted by molar-refractivity contribution is 4.76. The highest BCUT2D eigenvalue weighted by Gasteiger charge is 1.96. The largest absolute Gasteiger partial charge is 0.345 e. The standard InChI is InChI=1S/C4H5F2O/c1-2-3-7-4(5)6/h2-4H,1H2/i4+2. The zero-order chi connectivity index (χ0) is 5.70. The van der Waals surface area contributed by atoms with Gasteiger partial charge in [-0.25, -0.2) is 0 Å². The van der Waals surface area contributed by atoms with E-state index in [1.165, 1.54) is 0 Å². The van der Waals surface area contributed by atoms with Crippen molar-refractivity contribution in [3.63, 3.8) is 0 Å². The number of hydrogen-bond donors (Lipinski definition) is 0. The Bertz CT molecular complexity index is 53.7. The summed E-state index contributed by atoms with van der Waals surface area (Å²) >= 11 is 0. The summed E-state index contributed by atoms with van der Waals surface area (Å²) in [6.07, 6.45) is 1.14. The quantitative estimate of drug-likeness (QED) is 0.534. The Morgan fingerprint density at radius 1 is 1.57 bits per heavy atom. The molecule has 0 amide bonds. The second-order valence-electron chi connectivity index (χ2n) is 0.769. The Morgan fingerprint density at radius 2 is 2.14 bits per heavy atom. The van der Waals surface area contributed by atoms with Crippen molar-refractivity contribution in [1.82, 2.24) is 0 Å². The van der Waals surface area contributed by atoms with Crippen molar-refractivity contribution in [3.05, 3.63) is 19.3 Å². The molecule has 1 nitrogen and oxygen atoms in total. The van der Waals surface area contributed by atoms with Crippen LogP contribution in [0.1, 0.15) is 0 Å². The lowest BCUT2D eigenvalue weighted by Crippen LogP contribution is -1.92. The van der Waals surface area contributed by atoms with Gasteiger partial charge in [0.15, 0.2) is 0 Å².